The average molecular weight is 429 g/mol. The summed E-state index contributed by atoms with van der Waals surface area (Å²) < 4.78 is 16.4. The first-order valence-electron chi connectivity index (χ1n) is 9.11. The maximum absolute atomic E-state index is 13.4. The number of imidazole rings is 1. The van der Waals surface area contributed by atoms with Gasteiger partial charge in [-0.1, -0.05) is 29.0 Å². The molecule has 0 fully saturated rings. The molecule has 0 bridgehead atoms. The molecule has 0 aliphatic carbocycles. The molecular weight excluding hydrogens is 411 g/mol. The largest absolute Gasteiger partial charge is 0.337 e. The first-order chi connectivity index (χ1) is 14.0. The van der Waals surface area contributed by atoms with Crippen molar-refractivity contribution in [1.29, 1.82) is 0 Å². The summed E-state index contributed by atoms with van der Waals surface area (Å²) in [6.07, 6.45) is 6.04. The Labute approximate surface area is 176 Å². The van der Waals surface area contributed by atoms with Crippen LogP contribution in [0.5, 0.6) is 0 Å². The summed E-state index contributed by atoms with van der Waals surface area (Å²) in [6, 6.07) is 9.80. The number of carbonyl (C=O) groups excluding carboxylic acids is 1. The van der Waals surface area contributed by atoms with Crippen molar-refractivity contribution in [3.8, 4) is 0 Å². The maximum Gasteiger partial charge on any atom is 0.261 e. The monoisotopic (exact) mass is 428 g/mol. The summed E-state index contributed by atoms with van der Waals surface area (Å²) in [5.41, 5.74) is 2.23. The van der Waals surface area contributed by atoms with Crippen molar-refractivity contribution >= 4 is 44.2 Å². The lowest BCUT2D eigenvalue weighted by Crippen LogP contribution is -2.32. The van der Waals surface area contributed by atoms with Crippen LogP contribution in [-0.2, 0) is 6.54 Å². The quantitative estimate of drug-likeness (QED) is 0.417. The molecule has 4 aromatic rings. The van der Waals surface area contributed by atoms with Gasteiger partial charge < -0.3 is 4.57 Å². The highest BCUT2D eigenvalue weighted by Crippen LogP contribution is 2.31. The van der Waals surface area contributed by atoms with Gasteiger partial charge in [0.15, 0.2) is 5.13 Å². The number of hydrogen-bond acceptors (Lipinski definition) is 4. The molecule has 1 amide bonds. The third-order valence-corrected chi connectivity index (χ3v) is 5.88. The van der Waals surface area contributed by atoms with Crippen molar-refractivity contribution in [2.75, 3.05) is 11.4 Å². The van der Waals surface area contributed by atoms with Crippen LogP contribution in [0.4, 0.5) is 9.52 Å². The molecule has 0 radical (unpaired) electrons. The molecule has 0 unspecified atom stereocenters. The van der Waals surface area contributed by atoms with Gasteiger partial charge in [0.05, 0.1) is 27.1 Å². The molecule has 2 aromatic carbocycles. The highest BCUT2D eigenvalue weighted by Gasteiger charge is 2.23. The van der Waals surface area contributed by atoms with E-state index in [1.807, 2.05) is 29.8 Å². The summed E-state index contributed by atoms with van der Waals surface area (Å²) in [7, 11) is 0. The van der Waals surface area contributed by atoms with Gasteiger partial charge in [-0.3, -0.25) is 9.69 Å². The Morgan fingerprint density at radius 3 is 2.90 bits per heavy atom. The summed E-state index contributed by atoms with van der Waals surface area (Å²) in [6.45, 7) is 3.18. The van der Waals surface area contributed by atoms with E-state index in [0.29, 0.717) is 24.6 Å². The molecular formula is C21H18ClFN4OS. The highest BCUT2D eigenvalue weighted by molar-refractivity contribution is 7.22. The van der Waals surface area contributed by atoms with Crippen molar-refractivity contribution < 1.29 is 9.18 Å². The molecule has 5 nitrogen and oxygen atoms in total. The molecule has 148 valence electrons. The lowest BCUT2D eigenvalue weighted by Gasteiger charge is -2.20. The third kappa shape index (κ3) is 4.31. The number of anilines is 1. The van der Waals surface area contributed by atoms with E-state index in [-0.39, 0.29) is 16.5 Å². The first kappa shape index (κ1) is 19.5. The Bertz CT molecular complexity index is 1160. The van der Waals surface area contributed by atoms with E-state index in [1.165, 1.54) is 23.5 Å². The number of rotatable bonds is 6. The standard InChI is InChI=1S/C21H18ClFN4OS/c1-14-3-6-18-19(11-14)29-21(25-18)27(9-2-8-26-10-7-24-13-26)20(28)16-5-4-15(23)12-17(16)22/h3-7,10-13H,2,8-9H2,1H3. The average Bonchev–Trinajstić information content (AvgIpc) is 3.34. The van der Waals surface area contributed by atoms with Crippen molar-refractivity contribution in [2.24, 2.45) is 0 Å². The van der Waals surface area contributed by atoms with Crippen molar-refractivity contribution in [1.82, 2.24) is 14.5 Å². The van der Waals surface area contributed by atoms with Crippen LogP contribution < -0.4 is 4.90 Å². The SMILES string of the molecule is Cc1ccc2nc(N(CCCn3ccnc3)C(=O)c3ccc(F)cc3Cl)sc2c1. The minimum atomic E-state index is -0.478. The van der Waals surface area contributed by atoms with E-state index < -0.39 is 5.82 Å². The first-order valence-corrected chi connectivity index (χ1v) is 10.3. The summed E-state index contributed by atoms with van der Waals surface area (Å²) in [5.74, 6) is -0.773. The molecule has 0 spiro atoms. The van der Waals surface area contributed by atoms with Crippen LogP contribution >= 0.6 is 22.9 Å². The number of thiazole rings is 1. The van der Waals surface area contributed by atoms with Crippen LogP contribution in [0.25, 0.3) is 10.2 Å². The fourth-order valence-corrected chi connectivity index (χ4v) is 4.39. The lowest BCUT2D eigenvalue weighted by atomic mass is 10.2. The minimum absolute atomic E-state index is 0.0894. The molecule has 8 heteroatoms. The molecule has 0 saturated heterocycles. The van der Waals surface area contributed by atoms with Gasteiger partial charge in [0, 0.05) is 25.5 Å². The van der Waals surface area contributed by atoms with Gasteiger partial charge in [-0.2, -0.15) is 0 Å². The van der Waals surface area contributed by atoms with E-state index in [2.05, 4.69) is 16.0 Å². The number of halogens is 2. The zero-order valence-electron chi connectivity index (χ0n) is 15.7. The second kappa shape index (κ2) is 8.31. The molecule has 0 N–H and O–H groups in total. The number of aryl methyl sites for hydroxylation is 2. The predicted molar refractivity (Wildman–Crippen MR) is 114 cm³/mol. The Hall–Kier alpha value is -2.77. The number of hydrogen-bond donors (Lipinski definition) is 0. The highest BCUT2D eigenvalue weighted by atomic mass is 35.5. The zero-order chi connectivity index (χ0) is 20.4. The van der Waals surface area contributed by atoms with Crippen molar-refractivity contribution in [3.05, 3.63) is 77.1 Å². The number of carbonyl (C=O) groups is 1. The molecule has 2 heterocycles. The van der Waals surface area contributed by atoms with E-state index in [0.717, 1.165) is 21.8 Å². The smallest absolute Gasteiger partial charge is 0.261 e. The van der Waals surface area contributed by atoms with E-state index in [4.69, 9.17) is 11.6 Å². The molecule has 4 rings (SSSR count). The topological polar surface area (TPSA) is 51.0 Å². The van der Waals surface area contributed by atoms with Gasteiger partial charge in [0.25, 0.3) is 5.91 Å². The van der Waals surface area contributed by atoms with E-state index in [1.54, 1.807) is 17.4 Å². The van der Waals surface area contributed by atoms with Gasteiger partial charge in [0.1, 0.15) is 5.82 Å². The molecule has 0 atom stereocenters. The van der Waals surface area contributed by atoms with Crippen LogP contribution in [0, 0.1) is 12.7 Å². The van der Waals surface area contributed by atoms with Crippen LogP contribution in [0.1, 0.15) is 22.3 Å². The summed E-state index contributed by atoms with van der Waals surface area (Å²) in [5, 5.41) is 0.688. The van der Waals surface area contributed by atoms with Crippen LogP contribution in [0.2, 0.25) is 5.02 Å². The summed E-state index contributed by atoms with van der Waals surface area (Å²) in [4.78, 5) is 23.6. The Kier molecular flexibility index (Phi) is 5.60. The molecule has 2 aromatic heterocycles. The molecule has 0 aliphatic heterocycles. The van der Waals surface area contributed by atoms with Gasteiger partial charge in [0.2, 0.25) is 0 Å². The van der Waals surface area contributed by atoms with Gasteiger partial charge in [-0.15, -0.1) is 0 Å². The fraction of sp³-hybridized carbons (Fsp3) is 0.190. The maximum atomic E-state index is 13.4. The van der Waals surface area contributed by atoms with Gasteiger partial charge in [-0.05, 0) is 49.2 Å². The minimum Gasteiger partial charge on any atom is -0.337 e. The van der Waals surface area contributed by atoms with Crippen LogP contribution in [0.15, 0.2) is 55.1 Å². The number of amides is 1. The Balaban J connectivity index is 1.66. The normalized spacial score (nSPS) is 11.1. The second-order valence-electron chi connectivity index (χ2n) is 6.70. The third-order valence-electron chi connectivity index (χ3n) is 4.53. The number of nitrogens with zero attached hydrogens (tertiary/aromatic N) is 4. The zero-order valence-corrected chi connectivity index (χ0v) is 17.3. The van der Waals surface area contributed by atoms with Gasteiger partial charge in [-0.25, -0.2) is 14.4 Å². The predicted octanol–water partition coefficient (Wildman–Crippen LogP) is 5.33. The second-order valence-corrected chi connectivity index (χ2v) is 8.12. The Morgan fingerprint density at radius 1 is 1.28 bits per heavy atom. The van der Waals surface area contributed by atoms with Crippen LogP contribution in [-0.4, -0.2) is 27.0 Å². The van der Waals surface area contributed by atoms with E-state index in [9.17, 15) is 9.18 Å². The van der Waals surface area contributed by atoms with Gasteiger partial charge >= 0.3 is 0 Å². The van der Waals surface area contributed by atoms with Crippen LogP contribution in [0.3, 0.4) is 0 Å². The molecule has 29 heavy (non-hydrogen) atoms. The lowest BCUT2D eigenvalue weighted by molar-refractivity contribution is 0.0986. The summed E-state index contributed by atoms with van der Waals surface area (Å²) >= 11 is 7.61. The number of fused-ring (bicyclic) bond motifs is 1. The molecule has 0 saturated carbocycles. The fourth-order valence-electron chi connectivity index (χ4n) is 3.06. The van der Waals surface area contributed by atoms with E-state index >= 15 is 0 Å². The van der Waals surface area contributed by atoms with Crippen molar-refractivity contribution in [3.63, 3.8) is 0 Å². The Morgan fingerprint density at radius 2 is 2.14 bits per heavy atom. The van der Waals surface area contributed by atoms with Crippen molar-refractivity contribution in [2.45, 2.75) is 19.9 Å². The number of aromatic nitrogens is 3. The number of benzene rings is 2. The molecule has 0 aliphatic rings.